The fourth-order valence-corrected chi connectivity index (χ4v) is 2.44. The third-order valence-corrected chi connectivity index (χ3v) is 3.75. The van der Waals surface area contributed by atoms with E-state index in [0.29, 0.717) is 11.4 Å². The van der Waals surface area contributed by atoms with Crippen LogP contribution in [0.15, 0.2) is 24.3 Å². The third kappa shape index (κ3) is 2.26. The smallest absolute Gasteiger partial charge is 0.303 e. The molecule has 6 heteroatoms. The molecule has 0 bridgehead atoms. The van der Waals surface area contributed by atoms with Crippen molar-refractivity contribution in [1.82, 2.24) is 0 Å². The number of Topliss-reactive ketones (excluding diaryl/α,β-unsaturated/α-hetero) is 1. The number of nitrogens with zero attached hydrogens (tertiary/aromatic N) is 1. The zero-order valence-electron chi connectivity index (χ0n) is 12.4. The fraction of sp³-hybridized carbons (Fsp3) is 0.400. The van der Waals surface area contributed by atoms with Gasteiger partial charge in [-0.05, 0) is 38.1 Å². The van der Waals surface area contributed by atoms with Crippen LogP contribution in [0.2, 0.25) is 0 Å². The van der Waals surface area contributed by atoms with Crippen LogP contribution in [0.5, 0.6) is 5.75 Å². The molecule has 21 heavy (non-hydrogen) atoms. The van der Waals surface area contributed by atoms with Crippen molar-refractivity contribution >= 4 is 23.3 Å². The fourth-order valence-electron chi connectivity index (χ4n) is 2.44. The SMILES string of the molecule is COc1ccc(N2C(=O)[C@@H](OC(C)=O)[C@@]2(C)C(C)=O)cc1. The van der Waals surface area contributed by atoms with Crippen LogP contribution in [0.4, 0.5) is 5.69 Å². The number of hydrogen-bond donors (Lipinski definition) is 0. The summed E-state index contributed by atoms with van der Waals surface area (Å²) in [5.41, 5.74) is -0.626. The van der Waals surface area contributed by atoms with Crippen LogP contribution in [0.1, 0.15) is 20.8 Å². The van der Waals surface area contributed by atoms with Gasteiger partial charge < -0.3 is 9.47 Å². The molecule has 112 valence electrons. The summed E-state index contributed by atoms with van der Waals surface area (Å²) in [4.78, 5) is 36.7. The van der Waals surface area contributed by atoms with Gasteiger partial charge in [-0.2, -0.15) is 0 Å². The van der Waals surface area contributed by atoms with Crippen molar-refractivity contribution < 1.29 is 23.9 Å². The van der Waals surface area contributed by atoms with Crippen molar-refractivity contribution in [3.63, 3.8) is 0 Å². The summed E-state index contributed by atoms with van der Waals surface area (Å²) in [6.45, 7) is 4.18. The number of rotatable bonds is 4. The van der Waals surface area contributed by atoms with Crippen molar-refractivity contribution in [2.45, 2.75) is 32.4 Å². The molecule has 0 aromatic heterocycles. The Balaban J connectivity index is 2.36. The number of hydrogen-bond acceptors (Lipinski definition) is 5. The molecule has 6 nitrogen and oxygen atoms in total. The zero-order valence-corrected chi connectivity index (χ0v) is 12.4. The molecular weight excluding hydrogens is 274 g/mol. The Bertz CT molecular complexity index is 595. The quantitative estimate of drug-likeness (QED) is 0.618. The lowest BCUT2D eigenvalue weighted by Gasteiger charge is -2.52. The number of methoxy groups -OCH3 is 1. The van der Waals surface area contributed by atoms with Crippen LogP contribution in [0, 0.1) is 0 Å². The van der Waals surface area contributed by atoms with E-state index >= 15 is 0 Å². The highest BCUT2D eigenvalue weighted by molar-refractivity contribution is 6.17. The summed E-state index contributed by atoms with van der Waals surface area (Å²) in [6.07, 6.45) is -1.07. The Kier molecular flexibility index (Phi) is 3.72. The summed E-state index contributed by atoms with van der Waals surface area (Å²) in [5.74, 6) is -0.597. The maximum Gasteiger partial charge on any atom is 0.303 e. The molecule has 0 radical (unpaired) electrons. The minimum atomic E-state index is -1.18. The Labute approximate surface area is 122 Å². The summed E-state index contributed by atoms with van der Waals surface area (Å²) in [6, 6.07) is 6.76. The topological polar surface area (TPSA) is 72.9 Å². The average molecular weight is 291 g/mol. The van der Waals surface area contributed by atoms with E-state index in [-0.39, 0.29) is 5.78 Å². The van der Waals surface area contributed by atoms with Crippen molar-refractivity contribution in [3.05, 3.63) is 24.3 Å². The highest BCUT2D eigenvalue weighted by Crippen LogP contribution is 2.40. The maximum absolute atomic E-state index is 12.2. The predicted molar refractivity (Wildman–Crippen MR) is 75.1 cm³/mol. The lowest BCUT2D eigenvalue weighted by Crippen LogP contribution is -2.77. The van der Waals surface area contributed by atoms with Crippen LogP contribution in [0.3, 0.4) is 0 Å². The van der Waals surface area contributed by atoms with Gasteiger partial charge in [0.1, 0.15) is 11.3 Å². The number of benzene rings is 1. The van der Waals surface area contributed by atoms with Crippen molar-refractivity contribution in [3.8, 4) is 5.75 Å². The van der Waals surface area contributed by atoms with Crippen LogP contribution in [0.25, 0.3) is 0 Å². The molecule has 0 saturated carbocycles. The minimum Gasteiger partial charge on any atom is -0.497 e. The van der Waals surface area contributed by atoms with Gasteiger partial charge in [0.2, 0.25) is 6.10 Å². The lowest BCUT2D eigenvalue weighted by atomic mass is 9.78. The molecule has 0 aliphatic carbocycles. The second-order valence-corrected chi connectivity index (χ2v) is 5.06. The van der Waals surface area contributed by atoms with Gasteiger partial charge in [0.15, 0.2) is 5.78 Å². The highest BCUT2D eigenvalue weighted by atomic mass is 16.6. The van der Waals surface area contributed by atoms with Gasteiger partial charge in [0, 0.05) is 12.6 Å². The molecule has 1 aliphatic heterocycles. The maximum atomic E-state index is 12.2. The van der Waals surface area contributed by atoms with Crippen LogP contribution in [-0.4, -0.2) is 36.4 Å². The van der Waals surface area contributed by atoms with Gasteiger partial charge in [-0.15, -0.1) is 0 Å². The van der Waals surface area contributed by atoms with Gasteiger partial charge in [-0.1, -0.05) is 0 Å². The largest absolute Gasteiger partial charge is 0.497 e. The first-order valence-electron chi connectivity index (χ1n) is 6.48. The number of amides is 1. The molecule has 2 atom stereocenters. The molecule has 0 spiro atoms. The first-order chi connectivity index (χ1) is 9.82. The second kappa shape index (κ2) is 5.20. The molecule has 0 unspecified atom stereocenters. The number of carbonyl (C=O) groups excluding carboxylic acids is 3. The van der Waals surface area contributed by atoms with Crippen LogP contribution >= 0.6 is 0 Å². The second-order valence-electron chi connectivity index (χ2n) is 5.06. The summed E-state index contributed by atoms with van der Waals surface area (Å²) in [5, 5.41) is 0. The van der Waals surface area contributed by atoms with Gasteiger partial charge >= 0.3 is 5.97 Å². The molecule has 1 aromatic rings. The van der Waals surface area contributed by atoms with Crippen LogP contribution in [-0.2, 0) is 19.1 Å². The number of anilines is 1. The van der Waals surface area contributed by atoms with E-state index in [1.165, 1.54) is 18.7 Å². The van der Waals surface area contributed by atoms with E-state index in [4.69, 9.17) is 9.47 Å². The van der Waals surface area contributed by atoms with Gasteiger partial charge in [0.25, 0.3) is 5.91 Å². The van der Waals surface area contributed by atoms with E-state index < -0.39 is 23.5 Å². The Morgan fingerprint density at radius 3 is 2.19 bits per heavy atom. The molecular formula is C15H17NO5. The predicted octanol–water partition coefficient (Wildman–Crippen LogP) is 1.32. The molecule has 1 fully saturated rings. The number of ketones is 1. The van der Waals surface area contributed by atoms with Crippen molar-refractivity contribution in [1.29, 1.82) is 0 Å². The lowest BCUT2D eigenvalue weighted by molar-refractivity contribution is -0.168. The number of β-lactam (4-membered cyclic amide) rings is 1. The summed E-state index contributed by atoms with van der Waals surface area (Å²) < 4.78 is 10.1. The molecule has 1 amide bonds. The summed E-state index contributed by atoms with van der Waals surface area (Å²) >= 11 is 0. The van der Waals surface area contributed by atoms with Gasteiger partial charge in [-0.25, -0.2) is 0 Å². The molecule has 1 aliphatic rings. The zero-order chi connectivity index (χ0) is 15.8. The Morgan fingerprint density at radius 1 is 1.19 bits per heavy atom. The van der Waals surface area contributed by atoms with Crippen molar-refractivity contribution in [2.24, 2.45) is 0 Å². The number of carbonyl (C=O) groups is 3. The average Bonchev–Trinajstić information content (AvgIpc) is 2.45. The first kappa shape index (κ1) is 15.0. The number of ether oxygens (including phenoxy) is 2. The third-order valence-electron chi connectivity index (χ3n) is 3.75. The molecule has 1 aromatic carbocycles. The van der Waals surface area contributed by atoms with E-state index in [1.807, 2.05) is 0 Å². The monoisotopic (exact) mass is 291 g/mol. The molecule has 0 N–H and O–H groups in total. The van der Waals surface area contributed by atoms with E-state index in [9.17, 15) is 14.4 Å². The Morgan fingerprint density at radius 2 is 1.76 bits per heavy atom. The Hall–Kier alpha value is -2.37. The molecule has 2 rings (SSSR count). The van der Waals surface area contributed by atoms with Gasteiger partial charge in [0.05, 0.1) is 7.11 Å². The first-order valence-corrected chi connectivity index (χ1v) is 6.48. The van der Waals surface area contributed by atoms with E-state index in [0.717, 1.165) is 0 Å². The summed E-state index contributed by atoms with van der Waals surface area (Å²) in [7, 11) is 1.54. The standard InChI is InChI=1S/C15H17NO5/c1-9(17)15(3)13(21-10(2)18)14(19)16(15)11-5-7-12(20-4)8-6-11/h5-8,13H,1-4H3/t13-,15-/m1/s1. The minimum absolute atomic E-state index is 0.246. The van der Waals surface area contributed by atoms with Crippen LogP contribution < -0.4 is 9.64 Å². The highest BCUT2D eigenvalue weighted by Gasteiger charge is 2.63. The molecule has 1 heterocycles. The van der Waals surface area contributed by atoms with Gasteiger partial charge in [-0.3, -0.25) is 19.3 Å². The van der Waals surface area contributed by atoms with E-state index in [1.54, 1.807) is 38.3 Å². The number of esters is 1. The van der Waals surface area contributed by atoms with E-state index in [2.05, 4.69) is 0 Å². The normalized spacial score (nSPS) is 24.3. The molecule has 1 saturated heterocycles. The van der Waals surface area contributed by atoms with Crippen molar-refractivity contribution in [2.75, 3.05) is 12.0 Å².